The van der Waals surface area contributed by atoms with Gasteiger partial charge in [0.15, 0.2) is 0 Å². The van der Waals surface area contributed by atoms with E-state index in [0.717, 1.165) is 24.2 Å². The number of hydrogen-bond acceptors (Lipinski definition) is 2. The third-order valence-electron chi connectivity index (χ3n) is 4.87. The Bertz CT molecular complexity index is 262. The summed E-state index contributed by atoms with van der Waals surface area (Å²) in [6, 6.07) is 1.21. The van der Waals surface area contributed by atoms with E-state index in [1.807, 2.05) is 7.11 Å². The quantitative estimate of drug-likeness (QED) is 0.778. The Labute approximate surface area is 120 Å². The van der Waals surface area contributed by atoms with Gasteiger partial charge in [0.2, 0.25) is 0 Å². The average molecular weight is 269 g/mol. The van der Waals surface area contributed by atoms with Gasteiger partial charge in [0.05, 0.1) is 5.60 Å². The van der Waals surface area contributed by atoms with Crippen LogP contribution in [0.4, 0.5) is 0 Å². The standard InChI is InChI=1S/C17H35NO/c1-12(2)15-9-8-13(3)10-16(15)18-14(4)11-17(5,6)19-7/h12-16,18H,8-11H2,1-7H3. The van der Waals surface area contributed by atoms with Crippen LogP contribution in [0, 0.1) is 17.8 Å². The van der Waals surface area contributed by atoms with E-state index in [-0.39, 0.29) is 5.60 Å². The smallest absolute Gasteiger partial charge is 0.0637 e. The zero-order valence-corrected chi connectivity index (χ0v) is 14.1. The van der Waals surface area contributed by atoms with E-state index in [1.54, 1.807) is 0 Å². The fraction of sp³-hybridized carbons (Fsp3) is 1.00. The molecule has 0 amide bonds. The first-order chi connectivity index (χ1) is 8.75. The fourth-order valence-electron chi connectivity index (χ4n) is 3.64. The van der Waals surface area contributed by atoms with Crippen LogP contribution in [0.15, 0.2) is 0 Å². The van der Waals surface area contributed by atoms with E-state index in [2.05, 4.69) is 46.9 Å². The highest BCUT2D eigenvalue weighted by molar-refractivity contribution is 4.88. The SMILES string of the molecule is COC(C)(C)CC(C)NC1CC(C)CCC1C(C)C. The highest BCUT2D eigenvalue weighted by Crippen LogP contribution is 2.34. The monoisotopic (exact) mass is 269 g/mol. The Morgan fingerprint density at radius 3 is 2.37 bits per heavy atom. The van der Waals surface area contributed by atoms with Crippen molar-refractivity contribution in [2.24, 2.45) is 17.8 Å². The molecule has 1 saturated carbocycles. The van der Waals surface area contributed by atoms with E-state index >= 15 is 0 Å². The largest absolute Gasteiger partial charge is 0.379 e. The third kappa shape index (κ3) is 5.43. The molecule has 1 rings (SSSR count). The van der Waals surface area contributed by atoms with Gasteiger partial charge in [0.25, 0.3) is 0 Å². The number of ether oxygens (including phenoxy) is 1. The minimum atomic E-state index is -0.0278. The average Bonchev–Trinajstić information content (AvgIpc) is 2.27. The van der Waals surface area contributed by atoms with Crippen molar-refractivity contribution in [2.45, 2.75) is 84.9 Å². The van der Waals surface area contributed by atoms with Crippen molar-refractivity contribution in [3.63, 3.8) is 0 Å². The fourth-order valence-corrected chi connectivity index (χ4v) is 3.64. The van der Waals surface area contributed by atoms with Gasteiger partial charge in [-0.05, 0) is 57.8 Å². The van der Waals surface area contributed by atoms with Crippen LogP contribution in [-0.2, 0) is 4.74 Å². The lowest BCUT2D eigenvalue weighted by molar-refractivity contribution is 0.00546. The Kier molecular flexibility index (Phi) is 6.32. The van der Waals surface area contributed by atoms with Crippen LogP contribution in [0.3, 0.4) is 0 Å². The van der Waals surface area contributed by atoms with Crippen molar-refractivity contribution < 1.29 is 4.74 Å². The molecule has 4 unspecified atom stereocenters. The van der Waals surface area contributed by atoms with Crippen LogP contribution in [0.1, 0.15) is 67.2 Å². The Morgan fingerprint density at radius 1 is 1.21 bits per heavy atom. The molecule has 4 atom stereocenters. The first-order valence-corrected chi connectivity index (χ1v) is 8.06. The van der Waals surface area contributed by atoms with Crippen LogP contribution in [0.25, 0.3) is 0 Å². The third-order valence-corrected chi connectivity index (χ3v) is 4.87. The van der Waals surface area contributed by atoms with E-state index in [1.165, 1.54) is 19.3 Å². The summed E-state index contributed by atoms with van der Waals surface area (Å²) in [4.78, 5) is 0. The van der Waals surface area contributed by atoms with Crippen LogP contribution in [0.5, 0.6) is 0 Å². The summed E-state index contributed by atoms with van der Waals surface area (Å²) in [5, 5.41) is 3.89. The normalized spacial score (nSPS) is 30.6. The minimum Gasteiger partial charge on any atom is -0.379 e. The molecular formula is C17H35NO. The van der Waals surface area contributed by atoms with Crippen molar-refractivity contribution in [3.8, 4) is 0 Å². The molecule has 0 saturated heterocycles. The Hall–Kier alpha value is -0.0800. The molecule has 0 spiro atoms. The van der Waals surface area contributed by atoms with Crippen molar-refractivity contribution >= 4 is 0 Å². The van der Waals surface area contributed by atoms with Crippen LogP contribution in [0.2, 0.25) is 0 Å². The zero-order valence-electron chi connectivity index (χ0n) is 14.1. The molecule has 1 aliphatic carbocycles. The molecule has 1 fully saturated rings. The highest BCUT2D eigenvalue weighted by atomic mass is 16.5. The van der Waals surface area contributed by atoms with Crippen LogP contribution in [-0.4, -0.2) is 24.8 Å². The van der Waals surface area contributed by atoms with Gasteiger partial charge in [0.1, 0.15) is 0 Å². The molecular weight excluding hydrogens is 234 g/mol. The van der Waals surface area contributed by atoms with Crippen molar-refractivity contribution in [1.29, 1.82) is 0 Å². The maximum absolute atomic E-state index is 5.55. The first kappa shape index (κ1) is 17.0. The molecule has 2 heteroatoms. The second-order valence-corrected chi connectivity index (χ2v) is 7.67. The van der Waals surface area contributed by atoms with Gasteiger partial charge in [0, 0.05) is 19.2 Å². The molecule has 0 aromatic rings. The van der Waals surface area contributed by atoms with Gasteiger partial charge in [-0.2, -0.15) is 0 Å². The molecule has 0 aromatic carbocycles. The number of hydrogen-bond donors (Lipinski definition) is 1. The maximum atomic E-state index is 5.55. The number of rotatable bonds is 6. The number of methoxy groups -OCH3 is 1. The van der Waals surface area contributed by atoms with Crippen LogP contribution >= 0.6 is 0 Å². The summed E-state index contributed by atoms with van der Waals surface area (Å²) in [5.41, 5.74) is -0.0278. The summed E-state index contributed by atoms with van der Waals surface area (Å²) < 4.78 is 5.55. The van der Waals surface area contributed by atoms with Crippen molar-refractivity contribution in [3.05, 3.63) is 0 Å². The van der Waals surface area contributed by atoms with E-state index in [4.69, 9.17) is 4.74 Å². The summed E-state index contributed by atoms with van der Waals surface area (Å²) in [6.07, 6.45) is 5.19. The van der Waals surface area contributed by atoms with E-state index in [0.29, 0.717) is 12.1 Å². The lowest BCUT2D eigenvalue weighted by atomic mass is 9.73. The molecule has 2 nitrogen and oxygen atoms in total. The molecule has 0 aliphatic heterocycles. The summed E-state index contributed by atoms with van der Waals surface area (Å²) in [5.74, 6) is 2.49. The number of nitrogens with one attached hydrogen (secondary N) is 1. The summed E-state index contributed by atoms with van der Waals surface area (Å²) >= 11 is 0. The second-order valence-electron chi connectivity index (χ2n) is 7.67. The highest BCUT2D eigenvalue weighted by Gasteiger charge is 2.32. The molecule has 1 aliphatic rings. The minimum absolute atomic E-state index is 0.0278. The predicted octanol–water partition coefficient (Wildman–Crippen LogP) is 4.24. The second kappa shape index (κ2) is 7.08. The summed E-state index contributed by atoms with van der Waals surface area (Å²) in [6.45, 7) is 13.8. The van der Waals surface area contributed by atoms with Gasteiger partial charge >= 0.3 is 0 Å². The lowest BCUT2D eigenvalue weighted by Gasteiger charge is -2.40. The van der Waals surface area contributed by atoms with Crippen molar-refractivity contribution in [2.75, 3.05) is 7.11 Å². The first-order valence-electron chi connectivity index (χ1n) is 8.06. The molecule has 114 valence electrons. The predicted molar refractivity (Wildman–Crippen MR) is 83.4 cm³/mol. The van der Waals surface area contributed by atoms with Crippen molar-refractivity contribution in [1.82, 2.24) is 5.32 Å². The Morgan fingerprint density at radius 2 is 1.84 bits per heavy atom. The van der Waals surface area contributed by atoms with Gasteiger partial charge < -0.3 is 10.1 Å². The molecule has 0 heterocycles. The molecule has 0 aromatic heterocycles. The van der Waals surface area contributed by atoms with Gasteiger partial charge in [-0.1, -0.05) is 27.2 Å². The summed E-state index contributed by atoms with van der Waals surface area (Å²) in [7, 11) is 1.81. The molecule has 19 heavy (non-hydrogen) atoms. The molecule has 1 N–H and O–H groups in total. The lowest BCUT2D eigenvalue weighted by Crippen LogP contribution is -2.48. The zero-order chi connectivity index (χ0) is 14.6. The maximum Gasteiger partial charge on any atom is 0.0637 e. The Balaban J connectivity index is 2.56. The van der Waals surface area contributed by atoms with E-state index in [9.17, 15) is 0 Å². The van der Waals surface area contributed by atoms with Crippen LogP contribution < -0.4 is 5.32 Å². The molecule has 0 bridgehead atoms. The topological polar surface area (TPSA) is 21.3 Å². The van der Waals surface area contributed by atoms with Gasteiger partial charge in [-0.3, -0.25) is 0 Å². The van der Waals surface area contributed by atoms with Gasteiger partial charge in [-0.15, -0.1) is 0 Å². The molecule has 0 radical (unpaired) electrons. The van der Waals surface area contributed by atoms with E-state index < -0.39 is 0 Å². The van der Waals surface area contributed by atoms with Gasteiger partial charge in [-0.25, -0.2) is 0 Å².